The van der Waals surface area contributed by atoms with E-state index in [9.17, 15) is 0 Å². The van der Waals surface area contributed by atoms with Gasteiger partial charge < -0.3 is 9.80 Å². The molecule has 0 N–H and O–H groups in total. The molecule has 1 aliphatic carbocycles. The molecule has 71 heavy (non-hydrogen) atoms. The summed E-state index contributed by atoms with van der Waals surface area (Å²) in [6.07, 6.45) is 24.4. The minimum Gasteiger partial charge on any atom is -0.337 e. The van der Waals surface area contributed by atoms with Crippen LogP contribution < -0.4 is 9.80 Å². The Hall–Kier alpha value is -8.46. The summed E-state index contributed by atoms with van der Waals surface area (Å²) < 4.78 is 0. The fourth-order valence-electron chi connectivity index (χ4n) is 10.0. The molecule has 2 aliphatic rings. The van der Waals surface area contributed by atoms with Gasteiger partial charge in [0.25, 0.3) is 0 Å². The topological polar surface area (TPSA) is 6.48 Å². The highest BCUT2D eigenvalue weighted by Crippen LogP contribution is 2.48. The van der Waals surface area contributed by atoms with E-state index in [0.717, 1.165) is 93.0 Å². The highest BCUT2D eigenvalue weighted by atomic mass is 15.2. The zero-order chi connectivity index (χ0) is 48.4. The molecule has 0 fully saturated rings. The van der Waals surface area contributed by atoms with Crippen molar-refractivity contribution in [3.05, 3.63) is 295 Å². The Bertz CT molecular complexity index is 3330. The lowest BCUT2D eigenvalue weighted by Crippen LogP contribution is -2.20. The van der Waals surface area contributed by atoms with Gasteiger partial charge in [-0.05, 0) is 160 Å². The molecule has 0 atom stereocenters. The first kappa shape index (κ1) is 46.3. The Labute approximate surface area is 421 Å². The molecular weight excluding hydrogens is 857 g/mol. The summed E-state index contributed by atoms with van der Waals surface area (Å²) in [6, 6.07) is 72.8. The SMILES string of the molecule is C=C1/C=C(c2ccccc2)\C=C/CN(c2cc(-c3ccccc3)ccc2C)c2cc(-c3ccccc3)cc(c2C(/C=C\Cc2ccccc2)=C/CC)-c2ccc(N(C3=CC=CCC3)c3ccccc3)cc21. The van der Waals surface area contributed by atoms with Crippen molar-refractivity contribution < 1.29 is 0 Å². The number of fused-ring (bicyclic) bond motifs is 4. The van der Waals surface area contributed by atoms with E-state index in [0.29, 0.717) is 6.54 Å². The second kappa shape index (κ2) is 21.9. The number of nitrogens with zero attached hydrogens (tertiary/aromatic N) is 2. The lowest BCUT2D eigenvalue weighted by molar-refractivity contribution is 0.917. The molecule has 8 aromatic carbocycles. The van der Waals surface area contributed by atoms with Crippen molar-refractivity contribution in [2.75, 3.05) is 16.3 Å². The number of aryl methyl sites for hydroxylation is 1. The van der Waals surface area contributed by atoms with Crippen LogP contribution in [0.5, 0.6) is 0 Å². The Morgan fingerprint density at radius 2 is 1.24 bits per heavy atom. The van der Waals surface area contributed by atoms with Crippen LogP contribution in [0, 0.1) is 6.92 Å². The lowest BCUT2D eigenvalue weighted by Gasteiger charge is -2.32. The van der Waals surface area contributed by atoms with E-state index < -0.39 is 0 Å². The largest absolute Gasteiger partial charge is 0.337 e. The van der Waals surface area contributed by atoms with Gasteiger partial charge in [-0.25, -0.2) is 0 Å². The first-order valence-electron chi connectivity index (χ1n) is 25.1. The third-order valence-electron chi connectivity index (χ3n) is 13.5. The summed E-state index contributed by atoms with van der Waals surface area (Å²) >= 11 is 0. The lowest BCUT2D eigenvalue weighted by atomic mass is 9.84. The van der Waals surface area contributed by atoms with Gasteiger partial charge >= 0.3 is 0 Å². The normalized spacial score (nSPS) is 15.0. The first-order valence-corrected chi connectivity index (χ1v) is 25.1. The summed E-state index contributed by atoms with van der Waals surface area (Å²) in [5.74, 6) is 0. The van der Waals surface area contributed by atoms with Crippen molar-refractivity contribution in [1.82, 2.24) is 0 Å². The van der Waals surface area contributed by atoms with E-state index in [1.54, 1.807) is 0 Å². The zero-order valence-corrected chi connectivity index (χ0v) is 40.9. The van der Waals surface area contributed by atoms with Gasteiger partial charge in [-0.3, -0.25) is 0 Å². The molecule has 0 amide bonds. The molecule has 10 rings (SSSR count). The maximum absolute atomic E-state index is 4.98. The number of allylic oxidation sites excluding steroid dienone is 12. The van der Waals surface area contributed by atoms with Crippen molar-refractivity contribution in [2.45, 2.75) is 39.5 Å². The van der Waals surface area contributed by atoms with Gasteiger partial charge in [0, 0.05) is 34.9 Å². The molecule has 2 heteroatoms. The molecule has 1 aliphatic heterocycles. The second-order valence-electron chi connectivity index (χ2n) is 18.3. The third kappa shape index (κ3) is 10.4. The standard InChI is InChI=1S/C69H60N2/c1-4-25-57(35-23-28-53-26-11-5-12-27-53)69-66-47-60(56-33-17-8-18-34-56)49-68(69)70(67-48-59(42-41-51(67)2)55-31-15-7-16-32-55)45-24-36-58(54-29-13-6-14-30-54)46-52(3)65-50-63(43-44-64(65)66)71(61-37-19-9-20-38-61)62-39-21-10-22-40-62/h5-21,23-27,29-39,41-44,46-50H,3-4,22,28,40,45H2,1-2H3/b35-23-,36-24-,57-25+,58-46+. The molecular formula is C69H60N2. The van der Waals surface area contributed by atoms with Gasteiger partial charge in [0.2, 0.25) is 0 Å². The molecule has 0 saturated carbocycles. The molecule has 0 unspecified atom stereocenters. The van der Waals surface area contributed by atoms with E-state index in [4.69, 9.17) is 6.58 Å². The van der Waals surface area contributed by atoms with Crippen molar-refractivity contribution in [3.63, 3.8) is 0 Å². The third-order valence-corrected chi connectivity index (χ3v) is 13.5. The van der Waals surface area contributed by atoms with Crippen LogP contribution in [0.2, 0.25) is 0 Å². The summed E-state index contributed by atoms with van der Waals surface area (Å²) in [7, 11) is 0. The fourth-order valence-corrected chi connectivity index (χ4v) is 10.0. The van der Waals surface area contributed by atoms with Gasteiger partial charge in [0.15, 0.2) is 0 Å². The predicted octanol–water partition coefficient (Wildman–Crippen LogP) is 18.8. The molecule has 0 saturated heterocycles. The van der Waals surface area contributed by atoms with Crippen LogP contribution in [0.25, 0.3) is 50.1 Å². The Kier molecular flexibility index (Phi) is 14.3. The fraction of sp³-hybridized carbons (Fsp3) is 0.101. The molecule has 1 heterocycles. The van der Waals surface area contributed by atoms with Crippen LogP contribution in [-0.4, -0.2) is 6.54 Å². The summed E-state index contributed by atoms with van der Waals surface area (Å²) in [5.41, 5.74) is 21.9. The van der Waals surface area contributed by atoms with Crippen LogP contribution in [-0.2, 0) is 6.42 Å². The number of rotatable bonds is 12. The van der Waals surface area contributed by atoms with Crippen molar-refractivity contribution >= 4 is 39.5 Å². The minimum atomic E-state index is 0.620. The average molecular weight is 917 g/mol. The van der Waals surface area contributed by atoms with Crippen LogP contribution >= 0.6 is 0 Å². The van der Waals surface area contributed by atoms with E-state index in [1.807, 2.05) is 0 Å². The van der Waals surface area contributed by atoms with Gasteiger partial charge in [-0.15, -0.1) is 0 Å². The van der Waals surface area contributed by atoms with E-state index >= 15 is 0 Å². The highest BCUT2D eigenvalue weighted by Gasteiger charge is 2.26. The number of para-hydroxylation sites is 1. The van der Waals surface area contributed by atoms with E-state index in [1.165, 1.54) is 39.1 Å². The number of benzene rings is 8. The predicted molar refractivity (Wildman–Crippen MR) is 306 cm³/mol. The van der Waals surface area contributed by atoms with Gasteiger partial charge in [-0.1, -0.05) is 214 Å². The maximum atomic E-state index is 4.98. The van der Waals surface area contributed by atoms with E-state index in [2.05, 4.69) is 279 Å². The molecule has 0 radical (unpaired) electrons. The molecule has 2 bridgehead atoms. The quantitative estimate of drug-likeness (QED) is 0.113. The van der Waals surface area contributed by atoms with Crippen LogP contribution in [0.3, 0.4) is 0 Å². The summed E-state index contributed by atoms with van der Waals surface area (Å²) in [4.78, 5) is 4.99. The summed E-state index contributed by atoms with van der Waals surface area (Å²) in [5, 5.41) is 0. The molecule has 2 nitrogen and oxygen atoms in total. The second-order valence-corrected chi connectivity index (χ2v) is 18.3. The van der Waals surface area contributed by atoms with Gasteiger partial charge in [-0.2, -0.15) is 0 Å². The van der Waals surface area contributed by atoms with Crippen molar-refractivity contribution in [1.29, 1.82) is 0 Å². The molecule has 8 aromatic rings. The average Bonchev–Trinajstić information content (AvgIpc) is 3.43. The monoisotopic (exact) mass is 916 g/mol. The van der Waals surface area contributed by atoms with Crippen LogP contribution in [0.15, 0.2) is 267 Å². The Balaban J connectivity index is 1.31. The van der Waals surface area contributed by atoms with Gasteiger partial charge in [0.1, 0.15) is 0 Å². The van der Waals surface area contributed by atoms with Crippen molar-refractivity contribution in [2.24, 2.45) is 0 Å². The molecule has 0 aromatic heterocycles. The summed E-state index contributed by atoms with van der Waals surface area (Å²) in [6.45, 7) is 10.1. The van der Waals surface area contributed by atoms with Crippen LogP contribution in [0.1, 0.15) is 54.0 Å². The molecule has 346 valence electrons. The molecule has 0 spiro atoms. The highest BCUT2D eigenvalue weighted by molar-refractivity contribution is 6.01. The van der Waals surface area contributed by atoms with Gasteiger partial charge in [0.05, 0.1) is 5.69 Å². The van der Waals surface area contributed by atoms with Crippen molar-refractivity contribution in [3.8, 4) is 33.4 Å². The Morgan fingerprint density at radius 1 is 0.592 bits per heavy atom. The first-order chi connectivity index (χ1) is 35.0. The number of hydrogen-bond acceptors (Lipinski definition) is 2. The number of anilines is 4. The zero-order valence-electron chi connectivity index (χ0n) is 40.9. The van der Waals surface area contributed by atoms with Crippen LogP contribution in [0.4, 0.5) is 22.7 Å². The Morgan fingerprint density at radius 3 is 1.92 bits per heavy atom. The maximum Gasteiger partial charge on any atom is 0.0505 e. The minimum absolute atomic E-state index is 0.620. The smallest absolute Gasteiger partial charge is 0.0505 e. The number of hydrogen-bond donors (Lipinski definition) is 0. The van der Waals surface area contributed by atoms with E-state index in [-0.39, 0.29) is 0 Å².